The Labute approximate surface area is 281 Å². The predicted octanol–water partition coefficient (Wildman–Crippen LogP) is 4.53. The predicted molar refractivity (Wildman–Crippen MR) is 186 cm³/mol. The van der Waals surface area contributed by atoms with Gasteiger partial charge in [0.1, 0.15) is 23.7 Å². The van der Waals surface area contributed by atoms with Crippen molar-refractivity contribution in [3.05, 3.63) is 71.1 Å². The Balaban J connectivity index is 1.32. The zero-order valence-corrected chi connectivity index (χ0v) is 28.1. The van der Waals surface area contributed by atoms with E-state index in [0.29, 0.717) is 70.0 Å². The molecule has 0 aromatic rings. The van der Waals surface area contributed by atoms with E-state index in [-0.39, 0.29) is 29.9 Å². The van der Waals surface area contributed by atoms with Crippen LogP contribution in [0, 0.1) is 5.92 Å². The molecule has 0 aliphatic heterocycles. The Hall–Kier alpha value is -2.60. The molecule has 4 aliphatic carbocycles. The molecule has 10 heteroatoms. The van der Waals surface area contributed by atoms with E-state index in [9.17, 15) is 20.4 Å². The van der Waals surface area contributed by atoms with E-state index in [4.69, 9.17) is 20.9 Å². The summed E-state index contributed by atoms with van der Waals surface area (Å²) in [5, 5.41) is 45.4. The molecule has 0 saturated carbocycles. The fourth-order valence-electron chi connectivity index (χ4n) is 6.91. The van der Waals surface area contributed by atoms with E-state index < -0.39 is 12.2 Å². The van der Waals surface area contributed by atoms with Gasteiger partial charge in [-0.05, 0) is 95.4 Å². The summed E-state index contributed by atoms with van der Waals surface area (Å²) in [6, 6.07) is 0.346. The van der Waals surface area contributed by atoms with Gasteiger partial charge in [0.2, 0.25) is 0 Å². The Bertz CT molecular complexity index is 1150. The van der Waals surface area contributed by atoms with Gasteiger partial charge in [-0.1, -0.05) is 48.8 Å². The van der Waals surface area contributed by atoms with Crippen LogP contribution in [0.4, 0.5) is 0 Å². The minimum Gasteiger partial charge on any atom is -0.510 e. The highest BCUT2D eigenvalue weighted by atomic mass is 16.5. The lowest BCUT2D eigenvalue weighted by atomic mass is 9.89. The first kappa shape index (κ1) is 37.2. The lowest BCUT2D eigenvalue weighted by Gasteiger charge is -2.41. The van der Waals surface area contributed by atoms with Crippen LogP contribution in [0.3, 0.4) is 0 Å². The first-order chi connectivity index (χ1) is 22.9. The highest BCUT2D eigenvalue weighted by Crippen LogP contribution is 2.32. The third kappa shape index (κ3) is 12.1. The second-order valence-corrected chi connectivity index (χ2v) is 13.5. The molecule has 0 amide bonds. The molecule has 0 spiro atoms. The molecule has 9 N–H and O–H groups in total. The van der Waals surface area contributed by atoms with Crippen molar-refractivity contribution in [1.29, 1.82) is 0 Å². The maximum absolute atomic E-state index is 10.6. The number of unbranched alkanes of at least 4 members (excludes halogenated alkanes) is 5. The topological polar surface area (TPSA) is 167 Å². The van der Waals surface area contributed by atoms with Crippen LogP contribution in [0.15, 0.2) is 71.1 Å². The summed E-state index contributed by atoms with van der Waals surface area (Å²) < 4.78 is 12.1. The molecule has 6 atom stereocenters. The Morgan fingerprint density at radius 1 is 0.872 bits per heavy atom. The van der Waals surface area contributed by atoms with Crippen molar-refractivity contribution in [1.82, 2.24) is 10.2 Å². The molecule has 4 aliphatic rings. The maximum Gasteiger partial charge on any atom is 0.159 e. The lowest BCUT2D eigenvalue weighted by Crippen LogP contribution is -2.47. The molecule has 0 bridgehead atoms. The number of aliphatic hydroxyl groups is 4. The van der Waals surface area contributed by atoms with Crippen LogP contribution < -0.4 is 16.8 Å². The summed E-state index contributed by atoms with van der Waals surface area (Å²) in [6.45, 7) is 3.94. The Morgan fingerprint density at radius 3 is 2.38 bits per heavy atom. The van der Waals surface area contributed by atoms with E-state index in [0.717, 1.165) is 70.0 Å². The summed E-state index contributed by atoms with van der Waals surface area (Å²) in [5.41, 5.74) is 13.4. The van der Waals surface area contributed by atoms with Crippen LogP contribution >= 0.6 is 0 Å². The fraction of sp³-hybridized carbons (Fsp3) is 0.676. The van der Waals surface area contributed by atoms with Gasteiger partial charge in [0, 0.05) is 43.9 Å². The van der Waals surface area contributed by atoms with Crippen molar-refractivity contribution in [3.8, 4) is 0 Å². The average Bonchev–Trinajstić information content (AvgIpc) is 3.07. The van der Waals surface area contributed by atoms with Crippen molar-refractivity contribution in [2.45, 2.75) is 114 Å². The number of ether oxygens (including phenoxy) is 2. The second kappa shape index (κ2) is 20.0. The highest BCUT2D eigenvalue weighted by Gasteiger charge is 2.33. The standard InChI is InChI=1S/C37H60N4O6/c38-17-4-1-2-6-20-47-36-23-28(22-34(44)37(36)45)25-40-29-11-13-30(14-12-29)41(26-27-9-8-10-32(42)21-27)31-15-16-33(43)35(24-31)46-19-7-3-5-18-39/h8-13,16,28,30-32,34-35,40,42-45H,1-7,14-15,17-26,38-39H2/t28?,30?,31-,32+,34+,35-/m1/s1. The fourth-order valence-corrected chi connectivity index (χ4v) is 6.91. The summed E-state index contributed by atoms with van der Waals surface area (Å²) in [5.74, 6) is 0.959. The molecule has 47 heavy (non-hydrogen) atoms. The second-order valence-electron chi connectivity index (χ2n) is 13.5. The maximum atomic E-state index is 10.6. The molecule has 264 valence electrons. The SMILES string of the molecule is NCCCCCCOC1=C(O)[C@@H](O)CC(CNC2=CCC(N(CC3=CC=C[C@H](O)C3)[C@@H]3CC=C(O)[C@H](OCCCCCN)C3)C=C2)C1. The van der Waals surface area contributed by atoms with Gasteiger partial charge >= 0.3 is 0 Å². The molecule has 0 radical (unpaired) electrons. The summed E-state index contributed by atoms with van der Waals surface area (Å²) >= 11 is 0. The molecule has 0 aromatic heterocycles. The monoisotopic (exact) mass is 656 g/mol. The molecular formula is C37H60N4O6. The number of rotatable bonds is 20. The van der Waals surface area contributed by atoms with Gasteiger partial charge in [0.05, 0.1) is 12.7 Å². The number of hydrogen-bond donors (Lipinski definition) is 7. The smallest absolute Gasteiger partial charge is 0.159 e. The molecule has 0 saturated heterocycles. The van der Waals surface area contributed by atoms with Gasteiger partial charge in [-0.2, -0.15) is 0 Å². The number of aliphatic hydroxyl groups excluding tert-OH is 4. The number of allylic oxidation sites excluding steroid dienone is 4. The Kier molecular flexibility index (Phi) is 15.9. The van der Waals surface area contributed by atoms with Crippen molar-refractivity contribution < 1.29 is 29.9 Å². The van der Waals surface area contributed by atoms with Crippen LogP contribution in [-0.2, 0) is 9.47 Å². The first-order valence-electron chi connectivity index (χ1n) is 17.9. The molecule has 2 unspecified atom stereocenters. The van der Waals surface area contributed by atoms with Crippen molar-refractivity contribution in [2.24, 2.45) is 17.4 Å². The van der Waals surface area contributed by atoms with Crippen LogP contribution in [0.1, 0.15) is 83.5 Å². The average molecular weight is 657 g/mol. The third-order valence-electron chi connectivity index (χ3n) is 9.68. The van der Waals surface area contributed by atoms with Crippen LogP contribution in [0.2, 0.25) is 0 Å². The van der Waals surface area contributed by atoms with E-state index >= 15 is 0 Å². The van der Waals surface area contributed by atoms with E-state index in [1.165, 1.54) is 5.57 Å². The third-order valence-corrected chi connectivity index (χ3v) is 9.68. The number of nitrogens with one attached hydrogen (secondary N) is 1. The van der Waals surface area contributed by atoms with Crippen LogP contribution in [0.5, 0.6) is 0 Å². The van der Waals surface area contributed by atoms with E-state index in [2.05, 4.69) is 34.5 Å². The number of nitrogens with zero attached hydrogens (tertiary/aromatic N) is 1. The molecule has 4 rings (SSSR count). The quantitative estimate of drug-likeness (QED) is 0.0926. The van der Waals surface area contributed by atoms with Gasteiger partial charge in [-0.25, -0.2) is 0 Å². The summed E-state index contributed by atoms with van der Waals surface area (Å²) in [6.07, 6.45) is 23.7. The first-order valence-corrected chi connectivity index (χ1v) is 17.9. The van der Waals surface area contributed by atoms with Crippen molar-refractivity contribution in [2.75, 3.05) is 39.4 Å². The van der Waals surface area contributed by atoms with Gasteiger partial charge < -0.3 is 46.7 Å². The van der Waals surface area contributed by atoms with Gasteiger partial charge in [0.25, 0.3) is 0 Å². The van der Waals surface area contributed by atoms with Gasteiger partial charge in [-0.3, -0.25) is 4.90 Å². The van der Waals surface area contributed by atoms with Gasteiger partial charge in [0.15, 0.2) is 5.76 Å². The van der Waals surface area contributed by atoms with E-state index in [1.54, 1.807) is 0 Å². The van der Waals surface area contributed by atoms with Crippen molar-refractivity contribution in [3.63, 3.8) is 0 Å². The Morgan fingerprint density at radius 2 is 1.64 bits per heavy atom. The zero-order valence-electron chi connectivity index (χ0n) is 28.1. The van der Waals surface area contributed by atoms with Crippen LogP contribution in [0.25, 0.3) is 0 Å². The summed E-state index contributed by atoms with van der Waals surface area (Å²) in [7, 11) is 0. The molecule has 0 aromatic carbocycles. The lowest BCUT2D eigenvalue weighted by molar-refractivity contribution is 0.00987. The summed E-state index contributed by atoms with van der Waals surface area (Å²) in [4.78, 5) is 2.50. The van der Waals surface area contributed by atoms with Gasteiger partial charge in [-0.15, -0.1) is 0 Å². The molecule has 10 nitrogen and oxygen atoms in total. The highest BCUT2D eigenvalue weighted by molar-refractivity contribution is 5.27. The van der Waals surface area contributed by atoms with E-state index in [1.807, 2.05) is 18.2 Å². The normalized spacial score (nSPS) is 27.9. The largest absolute Gasteiger partial charge is 0.510 e. The van der Waals surface area contributed by atoms with Crippen molar-refractivity contribution >= 4 is 0 Å². The zero-order chi connectivity index (χ0) is 33.4. The minimum absolute atomic E-state index is 0.0240. The molecule has 0 heterocycles. The number of hydrogen-bond acceptors (Lipinski definition) is 10. The van der Waals surface area contributed by atoms with Crippen LogP contribution in [-0.4, -0.2) is 95.1 Å². The number of nitrogens with two attached hydrogens (primary N) is 2. The minimum atomic E-state index is -0.901. The molecule has 0 fully saturated rings. The molecular weight excluding hydrogens is 596 g/mol.